The quantitative estimate of drug-likeness (QED) is 0.850. The minimum absolute atomic E-state index is 0.0758. The first-order valence-corrected chi connectivity index (χ1v) is 6.79. The van der Waals surface area contributed by atoms with Crippen LogP contribution >= 0.6 is 0 Å². The van der Waals surface area contributed by atoms with Crippen molar-refractivity contribution in [2.24, 2.45) is 0 Å². The molecule has 1 aliphatic rings. The van der Waals surface area contributed by atoms with Crippen LogP contribution in [0.1, 0.15) is 36.5 Å². The Morgan fingerprint density at radius 3 is 2.60 bits per heavy atom. The fraction of sp³-hybridized carbons (Fsp3) is 0.500. The second-order valence-electron chi connectivity index (χ2n) is 4.95. The van der Waals surface area contributed by atoms with Crippen molar-refractivity contribution in [2.75, 3.05) is 13.1 Å². The first kappa shape index (κ1) is 14.4. The van der Waals surface area contributed by atoms with Gasteiger partial charge in [-0.15, -0.1) is 0 Å². The van der Waals surface area contributed by atoms with Crippen molar-refractivity contribution >= 4 is 11.8 Å². The molecule has 0 spiro atoms. The Balaban J connectivity index is 1.92. The lowest BCUT2D eigenvalue weighted by atomic mass is 10.1. The number of likely N-dealkylation sites (tertiary alicyclic amines) is 1. The van der Waals surface area contributed by atoms with Gasteiger partial charge in [-0.25, -0.2) is 4.98 Å². The summed E-state index contributed by atoms with van der Waals surface area (Å²) < 4.78 is 12.7. The topological polar surface area (TPSA) is 62.3 Å². The average Bonchev–Trinajstić information content (AvgIpc) is 2.48. The molecule has 2 rings (SSSR count). The SMILES string of the molecule is CC(NC(=O)c1ccc(F)nc1)C(=O)N1CCCCC1. The number of amides is 2. The van der Waals surface area contributed by atoms with Gasteiger partial charge >= 0.3 is 0 Å². The normalized spacial score (nSPS) is 16.6. The van der Waals surface area contributed by atoms with Crippen molar-refractivity contribution in [1.82, 2.24) is 15.2 Å². The molecule has 2 heterocycles. The molecule has 0 aromatic carbocycles. The van der Waals surface area contributed by atoms with Crippen LogP contribution in [0.4, 0.5) is 4.39 Å². The fourth-order valence-electron chi connectivity index (χ4n) is 2.24. The summed E-state index contributed by atoms with van der Waals surface area (Å²) in [6, 6.07) is 1.87. The van der Waals surface area contributed by atoms with Crippen LogP contribution in [0.2, 0.25) is 0 Å². The Hall–Kier alpha value is -1.98. The summed E-state index contributed by atoms with van der Waals surface area (Å²) >= 11 is 0. The van der Waals surface area contributed by atoms with E-state index in [4.69, 9.17) is 0 Å². The van der Waals surface area contributed by atoms with E-state index in [1.54, 1.807) is 11.8 Å². The maximum absolute atomic E-state index is 12.7. The van der Waals surface area contributed by atoms with Gasteiger partial charge in [-0.2, -0.15) is 4.39 Å². The molecule has 1 atom stereocenters. The van der Waals surface area contributed by atoms with Crippen LogP contribution in [0.15, 0.2) is 18.3 Å². The Morgan fingerprint density at radius 2 is 2.00 bits per heavy atom. The van der Waals surface area contributed by atoms with Crippen LogP contribution in [0.3, 0.4) is 0 Å². The van der Waals surface area contributed by atoms with E-state index < -0.39 is 17.9 Å². The zero-order chi connectivity index (χ0) is 14.5. The maximum Gasteiger partial charge on any atom is 0.253 e. The number of pyridine rings is 1. The van der Waals surface area contributed by atoms with Crippen molar-refractivity contribution in [2.45, 2.75) is 32.2 Å². The Bertz CT molecular complexity index is 484. The molecule has 1 unspecified atom stereocenters. The summed E-state index contributed by atoms with van der Waals surface area (Å²) in [5, 5.41) is 2.62. The van der Waals surface area contributed by atoms with Gasteiger partial charge in [0.2, 0.25) is 11.9 Å². The van der Waals surface area contributed by atoms with Gasteiger partial charge in [-0.3, -0.25) is 9.59 Å². The minimum Gasteiger partial charge on any atom is -0.341 e. The Kier molecular flexibility index (Phi) is 4.65. The molecule has 1 N–H and O–H groups in total. The summed E-state index contributed by atoms with van der Waals surface area (Å²) in [5.41, 5.74) is 0.240. The van der Waals surface area contributed by atoms with Crippen molar-refractivity contribution in [3.63, 3.8) is 0 Å². The van der Waals surface area contributed by atoms with E-state index in [1.165, 1.54) is 6.07 Å². The summed E-state index contributed by atoms with van der Waals surface area (Å²) in [6.45, 7) is 3.15. The predicted molar refractivity (Wildman–Crippen MR) is 71.6 cm³/mol. The third-order valence-electron chi connectivity index (χ3n) is 3.38. The summed E-state index contributed by atoms with van der Waals surface area (Å²) in [4.78, 5) is 29.3. The third-order valence-corrected chi connectivity index (χ3v) is 3.38. The van der Waals surface area contributed by atoms with E-state index >= 15 is 0 Å². The Morgan fingerprint density at radius 1 is 1.30 bits per heavy atom. The molecule has 0 radical (unpaired) electrons. The van der Waals surface area contributed by atoms with Crippen molar-refractivity contribution in [1.29, 1.82) is 0 Å². The Labute approximate surface area is 117 Å². The maximum atomic E-state index is 12.7. The highest BCUT2D eigenvalue weighted by atomic mass is 19.1. The van der Waals surface area contributed by atoms with Gasteiger partial charge in [-0.1, -0.05) is 0 Å². The van der Waals surface area contributed by atoms with Crippen LogP contribution in [-0.4, -0.2) is 40.8 Å². The molecule has 20 heavy (non-hydrogen) atoms. The van der Waals surface area contributed by atoms with E-state index in [1.807, 2.05) is 0 Å². The molecule has 0 bridgehead atoms. The number of aromatic nitrogens is 1. The number of rotatable bonds is 3. The number of carbonyl (C=O) groups is 2. The van der Waals surface area contributed by atoms with Gasteiger partial charge in [0, 0.05) is 19.3 Å². The molecule has 108 valence electrons. The summed E-state index contributed by atoms with van der Waals surface area (Å²) in [5.74, 6) is -1.14. The number of hydrogen-bond acceptors (Lipinski definition) is 3. The highest BCUT2D eigenvalue weighted by molar-refractivity contribution is 5.97. The molecule has 0 saturated carbocycles. The van der Waals surface area contributed by atoms with Crippen molar-refractivity contribution in [3.8, 4) is 0 Å². The number of nitrogens with one attached hydrogen (secondary N) is 1. The molecule has 0 aliphatic carbocycles. The van der Waals surface area contributed by atoms with Crippen molar-refractivity contribution < 1.29 is 14.0 Å². The van der Waals surface area contributed by atoms with E-state index in [-0.39, 0.29) is 11.5 Å². The van der Waals surface area contributed by atoms with Gasteiger partial charge < -0.3 is 10.2 Å². The lowest BCUT2D eigenvalue weighted by Crippen LogP contribution is -2.48. The highest BCUT2D eigenvalue weighted by Crippen LogP contribution is 2.10. The lowest BCUT2D eigenvalue weighted by molar-refractivity contribution is -0.133. The first-order chi connectivity index (χ1) is 9.58. The molecule has 2 amide bonds. The highest BCUT2D eigenvalue weighted by Gasteiger charge is 2.23. The minimum atomic E-state index is -0.640. The van der Waals surface area contributed by atoms with E-state index in [2.05, 4.69) is 10.3 Å². The largest absolute Gasteiger partial charge is 0.341 e. The number of hydrogen-bond donors (Lipinski definition) is 1. The molecule has 6 heteroatoms. The standard InChI is InChI=1S/C14H18FN3O2/c1-10(14(20)18-7-3-2-4-8-18)17-13(19)11-5-6-12(15)16-9-11/h5-6,9-10H,2-4,7-8H2,1H3,(H,17,19). The van der Waals surface area contributed by atoms with E-state index in [0.29, 0.717) is 0 Å². The molecular formula is C14H18FN3O2. The second kappa shape index (κ2) is 6.45. The van der Waals surface area contributed by atoms with Crippen molar-refractivity contribution in [3.05, 3.63) is 29.8 Å². The van der Waals surface area contributed by atoms with Crippen LogP contribution in [-0.2, 0) is 4.79 Å². The van der Waals surface area contributed by atoms with Gasteiger partial charge in [-0.05, 0) is 38.3 Å². The monoisotopic (exact) mass is 279 g/mol. The number of halogens is 1. The van der Waals surface area contributed by atoms with Gasteiger partial charge in [0.05, 0.1) is 5.56 Å². The third kappa shape index (κ3) is 3.53. The molecule has 1 aromatic rings. The molecular weight excluding hydrogens is 261 g/mol. The smallest absolute Gasteiger partial charge is 0.253 e. The van der Waals surface area contributed by atoms with Crippen LogP contribution < -0.4 is 5.32 Å². The van der Waals surface area contributed by atoms with E-state index in [9.17, 15) is 14.0 Å². The number of nitrogens with zero attached hydrogens (tertiary/aromatic N) is 2. The molecule has 1 fully saturated rings. The van der Waals surface area contributed by atoms with Gasteiger partial charge in [0.1, 0.15) is 6.04 Å². The fourth-order valence-corrected chi connectivity index (χ4v) is 2.24. The summed E-state index contributed by atoms with van der Waals surface area (Å²) in [7, 11) is 0. The van der Waals surface area contributed by atoms with Crippen LogP contribution in [0.25, 0.3) is 0 Å². The lowest BCUT2D eigenvalue weighted by Gasteiger charge is -2.29. The summed E-state index contributed by atoms with van der Waals surface area (Å²) in [6.07, 6.45) is 4.32. The first-order valence-electron chi connectivity index (χ1n) is 6.79. The average molecular weight is 279 g/mol. The molecule has 1 aromatic heterocycles. The molecule has 5 nitrogen and oxygen atoms in total. The van der Waals surface area contributed by atoms with Crippen LogP contribution in [0, 0.1) is 5.95 Å². The number of piperidine rings is 1. The number of carbonyl (C=O) groups excluding carboxylic acids is 2. The van der Waals surface area contributed by atoms with Gasteiger partial charge in [0.15, 0.2) is 0 Å². The molecule has 1 saturated heterocycles. The van der Waals surface area contributed by atoms with Gasteiger partial charge in [0.25, 0.3) is 5.91 Å². The zero-order valence-electron chi connectivity index (χ0n) is 11.4. The van der Waals surface area contributed by atoms with Crippen LogP contribution in [0.5, 0.6) is 0 Å². The van der Waals surface area contributed by atoms with E-state index in [0.717, 1.165) is 44.6 Å². The predicted octanol–water partition coefficient (Wildman–Crippen LogP) is 1.35. The second-order valence-corrected chi connectivity index (χ2v) is 4.95. The molecule has 1 aliphatic heterocycles. The zero-order valence-corrected chi connectivity index (χ0v) is 11.4.